The molecule has 1 heterocycles. The van der Waals surface area contributed by atoms with Crippen LogP contribution in [0, 0.1) is 0 Å². The highest BCUT2D eigenvalue weighted by molar-refractivity contribution is 9.10. The van der Waals surface area contributed by atoms with Crippen LogP contribution in [0.2, 0.25) is 0 Å². The normalized spacial score (nSPS) is 18.6. The minimum absolute atomic E-state index is 0.0545. The summed E-state index contributed by atoms with van der Waals surface area (Å²) in [5.74, 6) is 0.702. The number of nitrogens with zero attached hydrogens (tertiary/aromatic N) is 1. The SMILES string of the molecule is CC1CN(C(=O)OC(C)(C)C)c2cc(Br)ccc2O1. The molecule has 1 atom stereocenters. The molecule has 1 aromatic carbocycles. The molecule has 0 saturated heterocycles. The highest BCUT2D eigenvalue weighted by atomic mass is 79.9. The van der Waals surface area contributed by atoms with Gasteiger partial charge in [-0.05, 0) is 45.9 Å². The lowest BCUT2D eigenvalue weighted by Gasteiger charge is -2.34. The van der Waals surface area contributed by atoms with Crippen LogP contribution in [0.3, 0.4) is 0 Å². The van der Waals surface area contributed by atoms with E-state index in [0.717, 1.165) is 10.2 Å². The Labute approximate surface area is 121 Å². The number of amides is 1. The molecule has 1 amide bonds. The Kier molecular flexibility index (Phi) is 3.76. The van der Waals surface area contributed by atoms with E-state index in [9.17, 15) is 4.79 Å². The molecule has 1 aromatic rings. The molecule has 2 rings (SSSR count). The number of carbonyl (C=O) groups is 1. The summed E-state index contributed by atoms with van der Waals surface area (Å²) in [5.41, 5.74) is 0.229. The average molecular weight is 328 g/mol. The summed E-state index contributed by atoms with van der Waals surface area (Å²) in [7, 11) is 0. The summed E-state index contributed by atoms with van der Waals surface area (Å²) < 4.78 is 12.1. The van der Waals surface area contributed by atoms with Crippen LogP contribution in [0.5, 0.6) is 5.75 Å². The molecular weight excluding hydrogens is 310 g/mol. The molecule has 5 heteroatoms. The second-order valence-electron chi connectivity index (χ2n) is 5.63. The van der Waals surface area contributed by atoms with Crippen molar-refractivity contribution >= 4 is 27.7 Å². The third-order valence-electron chi connectivity index (χ3n) is 2.59. The van der Waals surface area contributed by atoms with Gasteiger partial charge in [0, 0.05) is 4.47 Å². The van der Waals surface area contributed by atoms with Crippen LogP contribution in [-0.4, -0.2) is 24.3 Å². The zero-order chi connectivity index (χ0) is 14.2. The highest BCUT2D eigenvalue weighted by Crippen LogP contribution is 2.36. The highest BCUT2D eigenvalue weighted by Gasteiger charge is 2.31. The first kappa shape index (κ1) is 14.2. The van der Waals surface area contributed by atoms with E-state index in [2.05, 4.69) is 15.9 Å². The van der Waals surface area contributed by atoms with Gasteiger partial charge >= 0.3 is 6.09 Å². The third-order valence-corrected chi connectivity index (χ3v) is 3.09. The molecule has 0 radical (unpaired) electrons. The van der Waals surface area contributed by atoms with E-state index in [1.165, 1.54) is 0 Å². The maximum atomic E-state index is 12.3. The van der Waals surface area contributed by atoms with E-state index in [1.54, 1.807) is 4.90 Å². The van der Waals surface area contributed by atoms with E-state index >= 15 is 0 Å². The van der Waals surface area contributed by atoms with E-state index in [-0.39, 0.29) is 12.2 Å². The van der Waals surface area contributed by atoms with Gasteiger partial charge in [-0.25, -0.2) is 4.79 Å². The monoisotopic (exact) mass is 327 g/mol. The van der Waals surface area contributed by atoms with Crippen molar-refractivity contribution in [3.63, 3.8) is 0 Å². The van der Waals surface area contributed by atoms with E-state index < -0.39 is 5.60 Å². The number of benzene rings is 1. The first-order valence-corrected chi connectivity index (χ1v) is 7.02. The molecular formula is C14H18BrNO3. The molecule has 1 unspecified atom stereocenters. The Morgan fingerprint density at radius 1 is 1.47 bits per heavy atom. The minimum atomic E-state index is -0.509. The van der Waals surface area contributed by atoms with Crippen molar-refractivity contribution in [1.29, 1.82) is 0 Å². The summed E-state index contributed by atoms with van der Waals surface area (Å²) in [5, 5.41) is 0. The summed E-state index contributed by atoms with van der Waals surface area (Å²) in [6, 6.07) is 5.61. The van der Waals surface area contributed by atoms with Gasteiger partial charge in [0.05, 0.1) is 12.2 Å². The Balaban J connectivity index is 2.32. The van der Waals surface area contributed by atoms with Crippen molar-refractivity contribution < 1.29 is 14.3 Å². The molecule has 19 heavy (non-hydrogen) atoms. The third kappa shape index (κ3) is 3.41. The van der Waals surface area contributed by atoms with Gasteiger partial charge < -0.3 is 9.47 Å². The minimum Gasteiger partial charge on any atom is -0.487 e. The van der Waals surface area contributed by atoms with Crippen LogP contribution in [-0.2, 0) is 4.74 Å². The molecule has 1 aliphatic heterocycles. The van der Waals surface area contributed by atoms with Gasteiger partial charge in [-0.3, -0.25) is 4.90 Å². The lowest BCUT2D eigenvalue weighted by Crippen LogP contribution is -2.44. The van der Waals surface area contributed by atoms with Crippen molar-refractivity contribution in [1.82, 2.24) is 0 Å². The van der Waals surface area contributed by atoms with Gasteiger partial charge in [0.25, 0.3) is 0 Å². The van der Waals surface area contributed by atoms with Crippen molar-refractivity contribution in [2.45, 2.75) is 39.4 Å². The topological polar surface area (TPSA) is 38.8 Å². The smallest absolute Gasteiger partial charge is 0.415 e. The maximum Gasteiger partial charge on any atom is 0.415 e. The molecule has 0 bridgehead atoms. The lowest BCUT2D eigenvalue weighted by atomic mass is 10.2. The summed E-state index contributed by atoms with van der Waals surface area (Å²) >= 11 is 3.41. The van der Waals surface area contributed by atoms with Crippen LogP contribution in [0.25, 0.3) is 0 Å². The average Bonchev–Trinajstić information content (AvgIpc) is 2.26. The lowest BCUT2D eigenvalue weighted by molar-refractivity contribution is 0.0552. The Bertz CT molecular complexity index is 496. The molecule has 0 aliphatic carbocycles. The molecule has 0 N–H and O–H groups in total. The predicted octanol–water partition coefficient (Wildman–Crippen LogP) is 3.97. The van der Waals surface area contributed by atoms with Gasteiger partial charge in [0.1, 0.15) is 17.5 Å². The number of hydrogen-bond acceptors (Lipinski definition) is 3. The van der Waals surface area contributed by atoms with Crippen LogP contribution < -0.4 is 9.64 Å². The number of halogens is 1. The molecule has 1 aliphatic rings. The number of carbonyl (C=O) groups excluding carboxylic acids is 1. The van der Waals surface area contributed by atoms with Gasteiger partial charge in [-0.2, -0.15) is 0 Å². The molecule has 0 saturated carbocycles. The van der Waals surface area contributed by atoms with E-state index in [1.807, 2.05) is 45.9 Å². The Morgan fingerprint density at radius 3 is 2.79 bits per heavy atom. The first-order valence-electron chi connectivity index (χ1n) is 6.23. The molecule has 0 fully saturated rings. The van der Waals surface area contributed by atoms with Gasteiger partial charge in [0.2, 0.25) is 0 Å². The number of anilines is 1. The second-order valence-corrected chi connectivity index (χ2v) is 6.55. The predicted molar refractivity (Wildman–Crippen MR) is 77.8 cm³/mol. The standard InChI is InChI=1S/C14H18BrNO3/c1-9-8-16(13(17)19-14(2,3)4)11-7-10(15)5-6-12(11)18-9/h5-7,9H,8H2,1-4H3. The van der Waals surface area contributed by atoms with Gasteiger partial charge in [0.15, 0.2) is 0 Å². The number of rotatable bonds is 0. The van der Waals surface area contributed by atoms with Crippen LogP contribution in [0.4, 0.5) is 10.5 Å². The summed E-state index contributed by atoms with van der Waals surface area (Å²) in [6.07, 6.45) is -0.400. The number of ether oxygens (including phenoxy) is 2. The fourth-order valence-electron chi connectivity index (χ4n) is 1.90. The maximum absolute atomic E-state index is 12.3. The van der Waals surface area contributed by atoms with Gasteiger partial charge in [-0.1, -0.05) is 15.9 Å². The largest absolute Gasteiger partial charge is 0.487 e. The van der Waals surface area contributed by atoms with Crippen molar-refractivity contribution in [2.75, 3.05) is 11.4 Å². The Morgan fingerprint density at radius 2 is 2.16 bits per heavy atom. The van der Waals surface area contributed by atoms with Crippen molar-refractivity contribution in [2.24, 2.45) is 0 Å². The summed E-state index contributed by atoms with van der Waals surface area (Å²) in [4.78, 5) is 13.9. The molecule has 4 nitrogen and oxygen atoms in total. The molecule has 0 spiro atoms. The van der Waals surface area contributed by atoms with E-state index in [4.69, 9.17) is 9.47 Å². The number of fused-ring (bicyclic) bond motifs is 1. The van der Waals surface area contributed by atoms with Crippen molar-refractivity contribution in [3.8, 4) is 5.75 Å². The fourth-order valence-corrected chi connectivity index (χ4v) is 2.25. The quantitative estimate of drug-likeness (QED) is 0.723. The second kappa shape index (κ2) is 5.04. The zero-order valence-corrected chi connectivity index (χ0v) is 13.2. The van der Waals surface area contributed by atoms with Crippen LogP contribution in [0.1, 0.15) is 27.7 Å². The van der Waals surface area contributed by atoms with Crippen LogP contribution in [0.15, 0.2) is 22.7 Å². The van der Waals surface area contributed by atoms with E-state index in [0.29, 0.717) is 12.3 Å². The molecule has 0 aromatic heterocycles. The van der Waals surface area contributed by atoms with Crippen LogP contribution >= 0.6 is 15.9 Å². The number of hydrogen-bond donors (Lipinski definition) is 0. The molecule has 104 valence electrons. The summed E-state index contributed by atoms with van der Waals surface area (Å²) in [6.45, 7) is 7.99. The van der Waals surface area contributed by atoms with Gasteiger partial charge in [-0.15, -0.1) is 0 Å². The van der Waals surface area contributed by atoms with Crippen molar-refractivity contribution in [3.05, 3.63) is 22.7 Å². The zero-order valence-electron chi connectivity index (χ0n) is 11.6. The Hall–Kier alpha value is -1.23. The fraction of sp³-hybridized carbons (Fsp3) is 0.500. The first-order chi connectivity index (χ1) is 8.76.